The summed E-state index contributed by atoms with van der Waals surface area (Å²) >= 11 is 3.22. The number of thiophene rings is 2. The number of allylic oxidation sites excluding steroid dienone is 4. The van der Waals surface area contributed by atoms with E-state index in [1.54, 1.807) is 22.7 Å². The Kier molecular flexibility index (Phi) is 7.81. The fraction of sp³-hybridized carbons (Fsp3) is 0.596. The number of aliphatic hydroxyl groups excluding tert-OH is 1. The molecule has 296 valence electrons. The van der Waals surface area contributed by atoms with Crippen LogP contribution in [0.3, 0.4) is 0 Å². The number of fused-ring (bicyclic) bond motifs is 4. The molecule has 10 atom stereocenters. The zero-order valence-corrected chi connectivity index (χ0v) is 35.0. The maximum Gasteiger partial charge on any atom is 0.313 e. The predicted octanol–water partition coefficient (Wildman–Crippen LogP) is 8.93. The van der Waals surface area contributed by atoms with Gasteiger partial charge in [-0.15, -0.1) is 22.7 Å². The van der Waals surface area contributed by atoms with Crippen molar-refractivity contribution in [2.45, 2.75) is 116 Å². The first-order chi connectivity index (χ1) is 26.5. The van der Waals surface area contributed by atoms with Crippen molar-refractivity contribution in [1.29, 1.82) is 0 Å². The average Bonchev–Trinajstić information content (AvgIpc) is 3.97. The molecule has 2 aromatic heterocycles. The van der Waals surface area contributed by atoms with Gasteiger partial charge in [0.2, 0.25) is 0 Å². The van der Waals surface area contributed by atoms with Crippen LogP contribution in [-0.4, -0.2) is 63.2 Å². The number of ether oxygens (including phenoxy) is 1. The van der Waals surface area contributed by atoms with Crippen LogP contribution < -0.4 is 0 Å². The lowest BCUT2D eigenvalue weighted by Crippen LogP contribution is -2.68. The molecule has 4 saturated carbocycles. The minimum atomic E-state index is -1.27. The number of ketones is 1. The Hall–Kier alpha value is -3.11. The van der Waals surface area contributed by atoms with Crippen molar-refractivity contribution in [3.63, 3.8) is 0 Å². The number of aliphatic hydroxyl groups is 2. The van der Waals surface area contributed by atoms with Crippen LogP contribution in [0, 0.1) is 44.3 Å². The summed E-state index contributed by atoms with van der Waals surface area (Å²) in [6, 6.07) is 14.3. The average molecular weight is 794 g/mol. The van der Waals surface area contributed by atoms with Gasteiger partial charge in [-0.3, -0.25) is 14.4 Å². The van der Waals surface area contributed by atoms with Crippen molar-refractivity contribution in [3.05, 3.63) is 81.4 Å². The topological polar surface area (TPSA) is 104 Å². The molecule has 4 bridgehead atoms. The molecule has 1 amide bonds. The second kappa shape index (κ2) is 11.8. The van der Waals surface area contributed by atoms with E-state index in [9.17, 15) is 15.0 Å². The minimum absolute atomic E-state index is 0.0375. The molecule has 7 nitrogen and oxygen atoms in total. The van der Waals surface area contributed by atoms with Gasteiger partial charge in [-0.1, -0.05) is 70.2 Å². The number of hydrogen-bond acceptors (Lipinski definition) is 8. The van der Waals surface area contributed by atoms with E-state index in [0.717, 1.165) is 52.6 Å². The van der Waals surface area contributed by atoms with E-state index in [4.69, 9.17) is 4.74 Å². The third kappa shape index (κ3) is 4.39. The largest absolute Gasteiger partial charge is 0.448 e. The van der Waals surface area contributed by atoms with Crippen LogP contribution in [0.2, 0.25) is 0 Å². The molecule has 5 fully saturated rings. The number of Topliss-reactive ketones (excluding diaryl/α,β-unsaturated/α-hetero) is 1. The Balaban J connectivity index is 1.06. The third-order valence-corrected chi connectivity index (χ3v) is 20.0. The Morgan fingerprint density at radius 2 is 1.66 bits per heavy atom. The summed E-state index contributed by atoms with van der Waals surface area (Å²) in [4.78, 5) is 47.6. The molecule has 2 N–H and O–H groups in total. The predicted molar refractivity (Wildman–Crippen MR) is 219 cm³/mol. The smallest absolute Gasteiger partial charge is 0.313 e. The molecular weight excluding hydrogens is 739 g/mol. The molecule has 3 aromatic rings. The number of benzene rings is 1. The van der Waals surface area contributed by atoms with Gasteiger partial charge in [0.15, 0.2) is 11.4 Å². The Morgan fingerprint density at radius 3 is 2.38 bits per heavy atom. The van der Waals surface area contributed by atoms with E-state index in [1.807, 2.05) is 55.3 Å². The molecule has 56 heavy (non-hydrogen) atoms. The summed E-state index contributed by atoms with van der Waals surface area (Å²) in [5.41, 5.74) is -4.85. The van der Waals surface area contributed by atoms with Gasteiger partial charge >= 0.3 is 5.97 Å². The van der Waals surface area contributed by atoms with E-state index in [1.165, 1.54) is 4.88 Å². The molecule has 7 aliphatic carbocycles. The monoisotopic (exact) mass is 793 g/mol. The molecule has 1 saturated heterocycles. The van der Waals surface area contributed by atoms with Crippen LogP contribution in [0.1, 0.15) is 107 Å². The van der Waals surface area contributed by atoms with Crippen LogP contribution >= 0.6 is 22.7 Å². The van der Waals surface area contributed by atoms with Gasteiger partial charge in [0.05, 0.1) is 28.5 Å². The van der Waals surface area contributed by atoms with E-state index in [-0.39, 0.29) is 41.5 Å². The maximum absolute atomic E-state index is 15.2. The first kappa shape index (κ1) is 37.2. The zero-order valence-electron chi connectivity index (χ0n) is 33.4. The molecular formula is C47H55NO6S2. The minimum Gasteiger partial charge on any atom is -0.448 e. The van der Waals surface area contributed by atoms with Gasteiger partial charge in [-0.25, -0.2) is 0 Å². The van der Waals surface area contributed by atoms with Crippen molar-refractivity contribution in [2.75, 3.05) is 13.1 Å². The van der Waals surface area contributed by atoms with Gasteiger partial charge in [-0.05, 0) is 117 Å². The second-order valence-electron chi connectivity index (χ2n) is 20.0. The van der Waals surface area contributed by atoms with Gasteiger partial charge in [0, 0.05) is 43.4 Å². The van der Waals surface area contributed by atoms with E-state index in [0.29, 0.717) is 38.6 Å². The molecule has 8 aliphatic rings. The van der Waals surface area contributed by atoms with Gasteiger partial charge in [0.1, 0.15) is 0 Å². The van der Waals surface area contributed by atoms with E-state index in [2.05, 4.69) is 50.3 Å². The van der Waals surface area contributed by atoms with Crippen molar-refractivity contribution >= 4 is 50.4 Å². The molecule has 1 aromatic carbocycles. The number of carbonyl (C=O) groups is 3. The summed E-state index contributed by atoms with van der Waals surface area (Å²) in [6.07, 6.45) is 13.4. The quantitative estimate of drug-likeness (QED) is 0.134. The first-order valence-corrected chi connectivity index (χ1v) is 22.6. The number of carbonyl (C=O) groups excluding carboxylic acids is 3. The van der Waals surface area contributed by atoms with Crippen molar-refractivity contribution in [3.8, 4) is 0 Å². The number of rotatable bonds is 8. The summed E-state index contributed by atoms with van der Waals surface area (Å²) in [5, 5.41) is 27.6. The molecule has 0 radical (unpaired) electrons. The first-order valence-electron chi connectivity index (χ1n) is 20.9. The van der Waals surface area contributed by atoms with Crippen LogP contribution in [-0.2, 0) is 20.7 Å². The summed E-state index contributed by atoms with van der Waals surface area (Å²) in [7, 11) is 0. The van der Waals surface area contributed by atoms with Crippen molar-refractivity contribution < 1.29 is 29.3 Å². The highest BCUT2D eigenvalue weighted by Crippen LogP contribution is 2.78. The van der Waals surface area contributed by atoms with Gasteiger partial charge in [-0.2, -0.15) is 0 Å². The molecule has 2 spiro atoms. The molecule has 1 aliphatic heterocycles. The molecule has 3 heterocycles. The summed E-state index contributed by atoms with van der Waals surface area (Å²) < 4.78 is 7.27. The molecule has 11 rings (SSSR count). The fourth-order valence-corrected chi connectivity index (χ4v) is 15.8. The Bertz CT molecular complexity index is 2210. The normalized spacial score (nSPS) is 42.6. The number of nitrogens with zero attached hydrogens (tertiary/aromatic N) is 1. The number of hydrogen-bond donors (Lipinski definition) is 2. The zero-order chi connectivity index (χ0) is 39.3. The fourth-order valence-electron chi connectivity index (χ4n) is 14.1. The summed E-state index contributed by atoms with van der Waals surface area (Å²) in [5.74, 6) is -0.271. The van der Waals surface area contributed by atoms with E-state index >= 15 is 9.59 Å². The highest BCUT2D eigenvalue weighted by molar-refractivity contribution is 7.21. The molecule has 1 unspecified atom stereocenters. The van der Waals surface area contributed by atoms with Crippen LogP contribution in [0.25, 0.3) is 10.1 Å². The lowest BCUT2D eigenvalue weighted by Gasteiger charge is -2.71. The van der Waals surface area contributed by atoms with Crippen LogP contribution in [0.4, 0.5) is 0 Å². The van der Waals surface area contributed by atoms with Crippen LogP contribution in [0.15, 0.2) is 71.6 Å². The Morgan fingerprint density at radius 1 is 0.911 bits per heavy atom. The highest BCUT2D eigenvalue weighted by Gasteiger charge is 2.78. The lowest BCUT2D eigenvalue weighted by atomic mass is 9.32. The standard InChI is InChI=1S/C47H55NO6S2/c1-40(2)43(5)19-22-47(40,54-39(43)52)38(51)48(23-15-31-10-8-24-55-31)28-45(53)18-14-36-42(45,4)17-13-35-41(3)16-12-30(49)26-44(41)20-21-46(35,36)32(27-44)37(50)34-25-29-9-6-7-11-33(29)56-34/h6-11,20-21,24-25,27,30,35-36,49,53H,12-19,22-23,26,28H2,1-5H3/t30?,35-,36-,41-,42+,43+,44+,45-,46-,47-/m1/s1. The second-order valence-corrected chi connectivity index (χ2v) is 22.1. The van der Waals surface area contributed by atoms with Crippen LogP contribution in [0.5, 0.6) is 0 Å². The van der Waals surface area contributed by atoms with Gasteiger partial charge < -0.3 is 19.8 Å². The lowest BCUT2D eigenvalue weighted by molar-refractivity contribution is -0.187. The maximum atomic E-state index is 15.2. The molecule has 9 heteroatoms. The van der Waals surface area contributed by atoms with E-state index < -0.39 is 44.4 Å². The summed E-state index contributed by atoms with van der Waals surface area (Å²) in [6.45, 7) is 11.2. The number of amides is 1. The number of esters is 1. The van der Waals surface area contributed by atoms with Crippen molar-refractivity contribution in [2.24, 2.45) is 44.3 Å². The Labute approximate surface area is 338 Å². The SMILES string of the molecule is CC1(C)[C@@]2(C)CC[C@]1(C(=O)N(CCc1cccs1)C[C@]1(O)CC[C@H]3[C@]45C=C[C@@]6(C=C4C(=O)c4cc7ccccc7s4)CC(O)CC[C@]6(C)[C@H]5CC[C@@]31C)OC2=O. The van der Waals surface area contributed by atoms with Gasteiger partial charge in [0.25, 0.3) is 5.91 Å². The highest BCUT2D eigenvalue weighted by atomic mass is 32.1. The van der Waals surface area contributed by atoms with Crippen molar-refractivity contribution in [1.82, 2.24) is 4.90 Å². The third-order valence-electron chi connectivity index (χ3n) is 18.0.